The summed E-state index contributed by atoms with van der Waals surface area (Å²) in [6, 6.07) is 9.11. The summed E-state index contributed by atoms with van der Waals surface area (Å²) in [7, 11) is 6.24. The van der Waals surface area contributed by atoms with Gasteiger partial charge < -0.3 is 23.8 Å². The Balaban J connectivity index is 2.08. The molecule has 1 aliphatic rings. The minimum absolute atomic E-state index is 0.0405. The van der Waals surface area contributed by atoms with Crippen LogP contribution in [-0.2, 0) is 4.79 Å². The highest BCUT2D eigenvalue weighted by Gasteiger charge is 2.47. The topological polar surface area (TPSA) is 57.2 Å². The van der Waals surface area contributed by atoms with Gasteiger partial charge in [-0.05, 0) is 33.6 Å². The molecule has 0 aliphatic carbocycles. The van der Waals surface area contributed by atoms with Gasteiger partial charge >= 0.3 is 0 Å². The van der Waals surface area contributed by atoms with Gasteiger partial charge in [0.2, 0.25) is 11.7 Å². The molecule has 3 rings (SSSR count). The molecule has 0 N–H and O–H groups in total. The van der Waals surface area contributed by atoms with Crippen LogP contribution in [0.25, 0.3) is 0 Å². The predicted octanol–water partition coefficient (Wildman–Crippen LogP) is 4.37. The van der Waals surface area contributed by atoms with Crippen molar-refractivity contribution in [2.75, 3.05) is 33.3 Å². The molecule has 6 nitrogen and oxygen atoms in total. The molecule has 0 radical (unpaired) electrons. The van der Waals surface area contributed by atoms with Gasteiger partial charge in [0.1, 0.15) is 5.75 Å². The molecule has 2 atom stereocenters. The molecule has 1 amide bonds. The number of ether oxygens (including phenoxy) is 4. The quantitative estimate of drug-likeness (QED) is 0.465. The van der Waals surface area contributed by atoms with Gasteiger partial charge in [0, 0.05) is 12.1 Å². The second kappa shape index (κ2) is 8.14. The van der Waals surface area contributed by atoms with Gasteiger partial charge in [-0.15, -0.1) is 6.58 Å². The molecule has 28 heavy (non-hydrogen) atoms. The second-order valence-electron chi connectivity index (χ2n) is 6.19. The summed E-state index contributed by atoms with van der Waals surface area (Å²) in [6.45, 7) is 3.83. The number of carbonyl (C=O) groups excluding carboxylic acids is 1. The van der Waals surface area contributed by atoms with E-state index in [9.17, 15) is 4.79 Å². The number of methoxy groups -OCH3 is 4. The van der Waals surface area contributed by atoms with Gasteiger partial charge in [-0.3, -0.25) is 4.79 Å². The molecule has 148 valence electrons. The highest BCUT2D eigenvalue weighted by molar-refractivity contribution is 9.10. The van der Waals surface area contributed by atoms with Crippen molar-refractivity contribution in [3.63, 3.8) is 0 Å². The minimum Gasteiger partial charge on any atom is -0.496 e. The van der Waals surface area contributed by atoms with Crippen LogP contribution in [0.3, 0.4) is 0 Å². The van der Waals surface area contributed by atoms with Crippen LogP contribution in [-0.4, -0.2) is 34.3 Å². The Labute approximate surface area is 172 Å². The number of β-lactam (4-membered cyclic amide) rings is 1. The summed E-state index contributed by atoms with van der Waals surface area (Å²) in [5.41, 5.74) is 1.63. The van der Waals surface area contributed by atoms with Gasteiger partial charge in [-0.2, -0.15) is 0 Å². The van der Waals surface area contributed by atoms with Crippen molar-refractivity contribution in [1.29, 1.82) is 0 Å². The average molecular weight is 448 g/mol. The lowest BCUT2D eigenvalue weighted by molar-refractivity contribution is -0.128. The van der Waals surface area contributed by atoms with Crippen LogP contribution in [0.4, 0.5) is 5.69 Å². The summed E-state index contributed by atoms with van der Waals surface area (Å²) in [4.78, 5) is 14.6. The highest BCUT2D eigenvalue weighted by Crippen LogP contribution is 2.49. The van der Waals surface area contributed by atoms with Crippen LogP contribution in [0, 0.1) is 5.92 Å². The molecule has 7 heteroatoms. The fourth-order valence-corrected chi connectivity index (χ4v) is 4.02. The number of hydrogen-bond donors (Lipinski definition) is 0. The largest absolute Gasteiger partial charge is 0.496 e. The number of halogens is 1. The van der Waals surface area contributed by atoms with Crippen LogP contribution < -0.4 is 23.8 Å². The van der Waals surface area contributed by atoms with E-state index in [-0.39, 0.29) is 17.9 Å². The first-order valence-corrected chi connectivity index (χ1v) is 9.39. The zero-order valence-electron chi connectivity index (χ0n) is 16.2. The Kier molecular flexibility index (Phi) is 5.84. The Morgan fingerprint density at radius 2 is 1.57 bits per heavy atom. The van der Waals surface area contributed by atoms with Crippen LogP contribution in [0.15, 0.2) is 47.5 Å². The van der Waals surface area contributed by atoms with E-state index in [4.69, 9.17) is 18.9 Å². The van der Waals surface area contributed by atoms with E-state index in [1.54, 1.807) is 51.5 Å². The van der Waals surface area contributed by atoms with Crippen molar-refractivity contribution in [2.24, 2.45) is 5.92 Å². The van der Waals surface area contributed by atoms with Gasteiger partial charge in [-0.25, -0.2) is 0 Å². The first-order valence-electron chi connectivity index (χ1n) is 8.59. The fraction of sp³-hybridized carbons (Fsp3) is 0.286. The summed E-state index contributed by atoms with van der Waals surface area (Å²) in [5, 5.41) is 0. The molecule has 1 fully saturated rings. The molecule has 1 aliphatic heterocycles. The first kappa shape index (κ1) is 20.1. The van der Waals surface area contributed by atoms with Crippen molar-refractivity contribution in [2.45, 2.75) is 6.04 Å². The lowest BCUT2D eigenvalue weighted by Crippen LogP contribution is -2.54. The second-order valence-corrected chi connectivity index (χ2v) is 7.05. The number of hydrogen-bond acceptors (Lipinski definition) is 5. The van der Waals surface area contributed by atoms with Crippen LogP contribution in [0.1, 0.15) is 11.6 Å². The molecule has 0 unspecified atom stereocenters. The number of amides is 1. The van der Waals surface area contributed by atoms with E-state index in [0.29, 0.717) is 22.9 Å². The standard InChI is InChI=1S/C21H22BrNO5/c1-6-14-19(12-7-8-16(25-2)15(22)9-12)23(21(14)24)13-10-17(26-3)20(28-5)18(11-13)27-4/h6-11,14,19H,1H2,2-5H3/t14-,19-/m0/s1. The van der Waals surface area contributed by atoms with Crippen LogP contribution in [0.5, 0.6) is 23.0 Å². The third-order valence-electron chi connectivity index (χ3n) is 4.84. The molecule has 0 saturated carbocycles. The summed E-state index contributed by atoms with van der Waals surface area (Å²) < 4.78 is 22.4. The van der Waals surface area contributed by atoms with E-state index in [2.05, 4.69) is 22.5 Å². The maximum atomic E-state index is 12.8. The van der Waals surface area contributed by atoms with Crippen molar-refractivity contribution in [1.82, 2.24) is 0 Å². The Morgan fingerprint density at radius 3 is 2.04 bits per heavy atom. The minimum atomic E-state index is -0.320. The number of anilines is 1. The van der Waals surface area contributed by atoms with Gasteiger partial charge in [0.15, 0.2) is 11.5 Å². The maximum Gasteiger partial charge on any atom is 0.236 e. The first-order chi connectivity index (χ1) is 13.5. The Bertz CT molecular complexity index is 889. The van der Waals surface area contributed by atoms with E-state index < -0.39 is 0 Å². The molecule has 0 spiro atoms. The van der Waals surface area contributed by atoms with Crippen molar-refractivity contribution >= 4 is 27.5 Å². The zero-order chi connectivity index (χ0) is 20.4. The number of nitrogens with zero attached hydrogens (tertiary/aromatic N) is 1. The molecular formula is C21H22BrNO5. The molecule has 2 aromatic rings. The van der Waals surface area contributed by atoms with Crippen molar-refractivity contribution in [3.05, 3.63) is 53.0 Å². The van der Waals surface area contributed by atoms with E-state index in [1.807, 2.05) is 18.2 Å². The number of benzene rings is 2. The maximum absolute atomic E-state index is 12.8. The molecule has 1 heterocycles. The lowest BCUT2D eigenvalue weighted by Gasteiger charge is -2.46. The fourth-order valence-electron chi connectivity index (χ4n) is 3.46. The molecule has 0 aromatic heterocycles. The summed E-state index contributed by atoms with van der Waals surface area (Å²) in [6.07, 6.45) is 1.68. The van der Waals surface area contributed by atoms with Gasteiger partial charge in [-0.1, -0.05) is 12.1 Å². The highest BCUT2D eigenvalue weighted by atomic mass is 79.9. The number of rotatable bonds is 7. The Morgan fingerprint density at radius 1 is 0.964 bits per heavy atom. The molecule has 1 saturated heterocycles. The van der Waals surface area contributed by atoms with Crippen molar-refractivity contribution in [3.8, 4) is 23.0 Å². The number of carbonyl (C=O) groups is 1. The van der Waals surface area contributed by atoms with Gasteiger partial charge in [0.05, 0.1) is 50.6 Å². The third-order valence-corrected chi connectivity index (χ3v) is 5.46. The molecule has 0 bridgehead atoms. The lowest BCUT2D eigenvalue weighted by atomic mass is 9.82. The molecular weight excluding hydrogens is 426 g/mol. The third kappa shape index (κ3) is 3.20. The summed E-state index contributed by atoms with van der Waals surface area (Å²) >= 11 is 3.52. The Hall–Kier alpha value is -2.67. The monoisotopic (exact) mass is 447 g/mol. The normalized spacial score (nSPS) is 18.3. The summed E-state index contributed by atoms with van der Waals surface area (Å²) in [5.74, 6) is 1.82. The van der Waals surface area contributed by atoms with Crippen LogP contribution in [0.2, 0.25) is 0 Å². The van der Waals surface area contributed by atoms with E-state index in [1.165, 1.54) is 0 Å². The van der Waals surface area contributed by atoms with Crippen LogP contribution >= 0.6 is 15.9 Å². The van der Waals surface area contributed by atoms with Crippen molar-refractivity contribution < 1.29 is 23.7 Å². The average Bonchev–Trinajstić information content (AvgIpc) is 2.71. The zero-order valence-corrected chi connectivity index (χ0v) is 17.8. The van der Waals surface area contributed by atoms with E-state index in [0.717, 1.165) is 15.8 Å². The molecule has 2 aromatic carbocycles. The SMILES string of the molecule is C=C[C@@H]1C(=O)N(c2cc(OC)c(OC)c(OC)c2)[C@H]1c1ccc(OC)c(Br)c1. The smallest absolute Gasteiger partial charge is 0.236 e. The predicted molar refractivity (Wildman–Crippen MR) is 111 cm³/mol. The van der Waals surface area contributed by atoms with Gasteiger partial charge in [0.25, 0.3) is 0 Å². The van der Waals surface area contributed by atoms with E-state index >= 15 is 0 Å².